The molecule has 0 saturated carbocycles. The van der Waals surface area contributed by atoms with Crippen molar-refractivity contribution in [3.8, 4) is 0 Å². The zero-order valence-electron chi connectivity index (χ0n) is 19.2. The van der Waals surface area contributed by atoms with Crippen LogP contribution in [0.4, 0.5) is 5.69 Å². The van der Waals surface area contributed by atoms with Gasteiger partial charge in [0.15, 0.2) is 0 Å². The Morgan fingerprint density at radius 3 is 2.53 bits per heavy atom. The number of nitrogens with zero attached hydrogens (tertiary/aromatic N) is 1. The van der Waals surface area contributed by atoms with Crippen molar-refractivity contribution in [2.75, 3.05) is 32.1 Å². The lowest BCUT2D eigenvalue weighted by Gasteiger charge is -2.42. The summed E-state index contributed by atoms with van der Waals surface area (Å²) in [7, 11) is 1.66. The Labute approximate surface area is 191 Å². The summed E-state index contributed by atoms with van der Waals surface area (Å²) >= 11 is 0. The van der Waals surface area contributed by atoms with Crippen LogP contribution in [0.1, 0.15) is 42.9 Å². The Hall–Kier alpha value is -2.70. The summed E-state index contributed by atoms with van der Waals surface area (Å²) in [4.78, 5) is 24.9. The highest BCUT2D eigenvalue weighted by Gasteiger charge is 2.34. The van der Waals surface area contributed by atoms with Crippen molar-refractivity contribution < 1.29 is 14.3 Å². The number of aryl methyl sites for hydroxylation is 1. The monoisotopic (exact) mass is 437 g/mol. The molecule has 0 bridgehead atoms. The van der Waals surface area contributed by atoms with E-state index in [-0.39, 0.29) is 11.3 Å². The minimum atomic E-state index is 0.0428. The minimum Gasteiger partial charge on any atom is -0.380 e. The molecule has 0 spiro atoms. The summed E-state index contributed by atoms with van der Waals surface area (Å²) in [6.07, 6.45) is 4.94. The molecule has 0 aliphatic carbocycles. The molecule has 1 saturated heterocycles. The van der Waals surface area contributed by atoms with Crippen molar-refractivity contribution in [2.45, 2.75) is 45.8 Å². The van der Waals surface area contributed by atoms with Crippen LogP contribution in [0, 0.1) is 5.41 Å². The van der Waals surface area contributed by atoms with Crippen molar-refractivity contribution in [1.29, 1.82) is 0 Å². The lowest BCUT2D eigenvalue weighted by atomic mass is 9.74. The second kappa shape index (κ2) is 11.8. The third-order valence-corrected chi connectivity index (χ3v) is 6.51. The molecule has 2 amide bonds. The highest BCUT2D eigenvalue weighted by atomic mass is 16.5. The number of anilines is 1. The number of rotatable bonds is 11. The first kappa shape index (κ1) is 24.0. The number of methoxy groups -OCH3 is 1. The topological polar surface area (TPSA) is 70.7 Å². The molecule has 6 heteroatoms. The number of piperidine rings is 1. The molecule has 0 atom stereocenters. The first-order valence-corrected chi connectivity index (χ1v) is 11.4. The molecule has 0 aromatic heterocycles. The third-order valence-electron chi connectivity index (χ3n) is 6.51. The minimum absolute atomic E-state index is 0.0428. The van der Waals surface area contributed by atoms with Gasteiger partial charge < -0.3 is 15.4 Å². The predicted octanol–water partition coefficient (Wildman–Crippen LogP) is 3.75. The molecule has 2 aromatic rings. The summed E-state index contributed by atoms with van der Waals surface area (Å²) in [5.41, 5.74) is 4.48. The van der Waals surface area contributed by atoms with Crippen molar-refractivity contribution in [2.24, 2.45) is 5.41 Å². The number of amides is 2. The molecule has 2 aromatic carbocycles. The highest BCUT2D eigenvalue weighted by Crippen LogP contribution is 2.36. The van der Waals surface area contributed by atoms with Crippen LogP contribution in [0.25, 0.3) is 0 Å². The Morgan fingerprint density at radius 1 is 1.12 bits per heavy atom. The lowest BCUT2D eigenvalue weighted by molar-refractivity contribution is -0.119. The third kappa shape index (κ3) is 6.90. The average Bonchev–Trinajstić information content (AvgIpc) is 2.80. The molecule has 1 fully saturated rings. The summed E-state index contributed by atoms with van der Waals surface area (Å²) in [5, 5.41) is 5.83. The molecule has 3 rings (SSSR count). The van der Waals surface area contributed by atoms with Gasteiger partial charge in [-0.3, -0.25) is 14.5 Å². The first-order chi connectivity index (χ1) is 15.5. The fourth-order valence-corrected chi connectivity index (χ4v) is 4.55. The van der Waals surface area contributed by atoms with Gasteiger partial charge in [0, 0.05) is 38.4 Å². The van der Waals surface area contributed by atoms with Gasteiger partial charge >= 0.3 is 0 Å². The van der Waals surface area contributed by atoms with Crippen LogP contribution in [0.2, 0.25) is 0 Å². The van der Waals surface area contributed by atoms with Gasteiger partial charge in [0.1, 0.15) is 0 Å². The largest absolute Gasteiger partial charge is 0.380 e. The molecule has 1 aliphatic rings. The van der Waals surface area contributed by atoms with Crippen LogP contribution in [0.15, 0.2) is 48.5 Å². The molecule has 0 radical (unpaired) electrons. The molecule has 0 unspecified atom stereocenters. The van der Waals surface area contributed by atoms with Crippen molar-refractivity contribution in [3.63, 3.8) is 0 Å². The number of hydrogen-bond acceptors (Lipinski definition) is 4. The summed E-state index contributed by atoms with van der Waals surface area (Å²) in [5.74, 6) is 0.0428. The zero-order chi connectivity index (χ0) is 22.8. The van der Waals surface area contributed by atoms with Crippen LogP contribution in [0.3, 0.4) is 0 Å². The van der Waals surface area contributed by atoms with E-state index >= 15 is 0 Å². The second-order valence-corrected chi connectivity index (χ2v) is 8.86. The molecule has 1 heterocycles. The number of hydrogen-bond donors (Lipinski definition) is 2. The van der Waals surface area contributed by atoms with E-state index in [1.807, 2.05) is 6.07 Å². The Morgan fingerprint density at radius 2 is 1.88 bits per heavy atom. The summed E-state index contributed by atoms with van der Waals surface area (Å²) in [6.45, 7) is 5.68. The first-order valence-electron chi connectivity index (χ1n) is 11.4. The second-order valence-electron chi connectivity index (χ2n) is 8.86. The van der Waals surface area contributed by atoms with E-state index in [2.05, 4.69) is 58.0 Å². The van der Waals surface area contributed by atoms with Gasteiger partial charge in [-0.25, -0.2) is 0 Å². The van der Waals surface area contributed by atoms with E-state index < -0.39 is 0 Å². The van der Waals surface area contributed by atoms with E-state index in [1.165, 1.54) is 11.1 Å². The van der Waals surface area contributed by atoms with Crippen LogP contribution < -0.4 is 10.6 Å². The molecule has 6 nitrogen and oxygen atoms in total. The van der Waals surface area contributed by atoms with Gasteiger partial charge in [0.2, 0.25) is 12.3 Å². The van der Waals surface area contributed by atoms with Gasteiger partial charge in [0.05, 0.1) is 6.61 Å². The summed E-state index contributed by atoms with van der Waals surface area (Å²) < 4.78 is 5.29. The maximum absolute atomic E-state index is 11.6. The standard InChI is InChI=1S/C26H35N3O3/c1-21(31)27-19-26(11-10-22-6-4-3-5-7-22)12-14-29(15-13-26)17-23-8-9-25(28-20-30)24(16-23)18-32-2/h3-9,16,20H,10-15,17-19H2,1-2H3,(H,27,31)(H,28,30). The van der Waals surface area contributed by atoms with Gasteiger partial charge in [-0.05, 0) is 61.4 Å². The number of carbonyl (C=O) groups excluding carboxylic acids is 2. The SMILES string of the molecule is COCc1cc(CN2CCC(CCc3ccccc3)(CNC(C)=O)CC2)ccc1NC=O. The van der Waals surface area contributed by atoms with Crippen LogP contribution in [0.5, 0.6) is 0 Å². The smallest absolute Gasteiger partial charge is 0.216 e. The zero-order valence-corrected chi connectivity index (χ0v) is 19.2. The molecule has 172 valence electrons. The van der Waals surface area contributed by atoms with E-state index in [1.54, 1.807) is 14.0 Å². The fourth-order valence-electron chi connectivity index (χ4n) is 4.55. The van der Waals surface area contributed by atoms with Crippen LogP contribution in [-0.2, 0) is 33.9 Å². The quantitative estimate of drug-likeness (QED) is 0.525. The average molecular weight is 438 g/mol. The Bertz CT molecular complexity index is 877. The van der Waals surface area contributed by atoms with E-state index in [0.29, 0.717) is 13.0 Å². The number of nitrogens with one attached hydrogen (secondary N) is 2. The number of benzene rings is 2. The van der Waals surface area contributed by atoms with Crippen molar-refractivity contribution in [3.05, 3.63) is 65.2 Å². The van der Waals surface area contributed by atoms with Crippen LogP contribution >= 0.6 is 0 Å². The van der Waals surface area contributed by atoms with Gasteiger partial charge in [-0.1, -0.05) is 42.5 Å². The molecule has 32 heavy (non-hydrogen) atoms. The van der Waals surface area contributed by atoms with E-state index in [0.717, 1.165) is 63.1 Å². The Kier molecular flexibility index (Phi) is 8.82. The maximum Gasteiger partial charge on any atom is 0.216 e. The summed E-state index contributed by atoms with van der Waals surface area (Å²) in [6, 6.07) is 16.7. The highest BCUT2D eigenvalue weighted by molar-refractivity contribution is 5.73. The van der Waals surface area contributed by atoms with Gasteiger partial charge in [-0.2, -0.15) is 0 Å². The van der Waals surface area contributed by atoms with E-state index in [4.69, 9.17) is 4.74 Å². The number of ether oxygens (including phenoxy) is 1. The normalized spacial score (nSPS) is 15.8. The number of carbonyl (C=O) groups is 2. The molecular formula is C26H35N3O3. The van der Waals surface area contributed by atoms with Gasteiger partial charge in [-0.15, -0.1) is 0 Å². The predicted molar refractivity (Wildman–Crippen MR) is 127 cm³/mol. The van der Waals surface area contributed by atoms with Crippen molar-refractivity contribution >= 4 is 18.0 Å². The molecular weight excluding hydrogens is 402 g/mol. The van der Waals surface area contributed by atoms with Crippen molar-refractivity contribution in [1.82, 2.24) is 10.2 Å². The Balaban J connectivity index is 1.62. The maximum atomic E-state index is 11.6. The van der Waals surface area contributed by atoms with Crippen LogP contribution in [-0.4, -0.2) is 44.0 Å². The fraction of sp³-hybridized carbons (Fsp3) is 0.462. The molecule has 1 aliphatic heterocycles. The molecule has 2 N–H and O–H groups in total. The lowest BCUT2D eigenvalue weighted by Crippen LogP contribution is -2.46. The number of likely N-dealkylation sites (tertiary alicyclic amines) is 1. The van der Waals surface area contributed by atoms with Gasteiger partial charge in [0.25, 0.3) is 0 Å². The van der Waals surface area contributed by atoms with E-state index in [9.17, 15) is 9.59 Å².